The third-order valence-corrected chi connectivity index (χ3v) is 4.67. The molecule has 0 saturated heterocycles. The van der Waals surface area contributed by atoms with Crippen molar-refractivity contribution in [2.75, 3.05) is 23.8 Å². The first-order chi connectivity index (χ1) is 14.1. The van der Waals surface area contributed by atoms with Gasteiger partial charge in [0.05, 0.1) is 0 Å². The van der Waals surface area contributed by atoms with Crippen LogP contribution in [0.4, 0.5) is 17.3 Å². The summed E-state index contributed by atoms with van der Waals surface area (Å²) in [5, 5.41) is 6.09. The number of para-hydroxylation sites is 1. The van der Waals surface area contributed by atoms with Gasteiger partial charge in [-0.3, -0.25) is 4.79 Å². The largest absolute Gasteiger partial charge is 0.486 e. The third kappa shape index (κ3) is 4.13. The number of amides is 1. The van der Waals surface area contributed by atoms with Crippen molar-refractivity contribution in [3.63, 3.8) is 0 Å². The monoisotopic (exact) mass is 390 g/mol. The number of rotatable bonds is 5. The Morgan fingerprint density at radius 2 is 1.93 bits per heavy atom. The Bertz CT molecular complexity index is 1050. The molecule has 0 aliphatic carbocycles. The second kappa shape index (κ2) is 8.18. The quantitative estimate of drug-likeness (QED) is 0.682. The topological polar surface area (TPSA) is 85.4 Å². The zero-order valence-electron chi connectivity index (χ0n) is 16.4. The maximum atomic E-state index is 12.7. The van der Waals surface area contributed by atoms with E-state index in [0.29, 0.717) is 36.3 Å². The molecule has 148 valence electrons. The summed E-state index contributed by atoms with van der Waals surface area (Å²) in [6.07, 6.45) is 2.45. The lowest BCUT2D eigenvalue weighted by molar-refractivity contribution is 0.102. The molecule has 1 amide bonds. The molecule has 7 nitrogen and oxygen atoms in total. The Morgan fingerprint density at radius 1 is 1.10 bits per heavy atom. The lowest BCUT2D eigenvalue weighted by atomic mass is 10.1. The first kappa shape index (κ1) is 18.7. The highest BCUT2D eigenvalue weighted by atomic mass is 16.6. The van der Waals surface area contributed by atoms with Crippen molar-refractivity contribution in [3.8, 4) is 11.5 Å². The molecule has 3 aromatic rings. The summed E-state index contributed by atoms with van der Waals surface area (Å²) in [4.78, 5) is 21.3. The van der Waals surface area contributed by atoms with Gasteiger partial charge in [0.15, 0.2) is 11.5 Å². The summed E-state index contributed by atoms with van der Waals surface area (Å²) < 4.78 is 11.1. The van der Waals surface area contributed by atoms with Gasteiger partial charge in [-0.1, -0.05) is 25.1 Å². The highest BCUT2D eigenvalue weighted by molar-refractivity contribution is 6.03. The first-order valence-electron chi connectivity index (χ1n) is 9.53. The molecular weight excluding hydrogens is 368 g/mol. The predicted octanol–water partition coefficient (Wildman–Crippen LogP) is 4.11. The van der Waals surface area contributed by atoms with Gasteiger partial charge >= 0.3 is 0 Å². The van der Waals surface area contributed by atoms with E-state index in [1.165, 1.54) is 5.56 Å². The fraction of sp³-hybridized carbons (Fsp3) is 0.227. The molecule has 1 aromatic heterocycles. The average molecular weight is 390 g/mol. The van der Waals surface area contributed by atoms with Crippen LogP contribution in [0.15, 0.2) is 48.7 Å². The van der Waals surface area contributed by atoms with E-state index in [1.807, 2.05) is 19.1 Å². The van der Waals surface area contributed by atoms with Crippen LogP contribution in [0.3, 0.4) is 0 Å². The standard InChI is InChI=1S/C22H22N4O3/c1-3-15-6-4-5-14(2)20(15)26-22-23-10-9-17(25-22)21(27)24-16-7-8-18-19(13-16)29-12-11-28-18/h4-10,13H,3,11-12H2,1-2H3,(H,24,27)(H,23,25,26). The van der Waals surface area contributed by atoms with Crippen LogP contribution in [0.2, 0.25) is 0 Å². The van der Waals surface area contributed by atoms with E-state index in [1.54, 1.807) is 30.5 Å². The molecule has 2 heterocycles. The number of aryl methyl sites for hydroxylation is 2. The minimum atomic E-state index is -0.326. The zero-order valence-corrected chi connectivity index (χ0v) is 16.4. The van der Waals surface area contributed by atoms with Crippen molar-refractivity contribution in [1.82, 2.24) is 9.97 Å². The summed E-state index contributed by atoms with van der Waals surface area (Å²) in [6, 6.07) is 13.0. The Morgan fingerprint density at radius 3 is 2.76 bits per heavy atom. The highest BCUT2D eigenvalue weighted by Gasteiger charge is 2.15. The van der Waals surface area contributed by atoms with Crippen LogP contribution in [0, 0.1) is 6.92 Å². The SMILES string of the molecule is CCc1cccc(C)c1Nc1nccc(C(=O)Nc2ccc3c(c2)OCCO3)n1. The zero-order chi connectivity index (χ0) is 20.2. The van der Waals surface area contributed by atoms with Crippen molar-refractivity contribution in [3.05, 3.63) is 65.5 Å². The number of nitrogens with one attached hydrogen (secondary N) is 2. The van der Waals surface area contributed by atoms with Crippen LogP contribution >= 0.6 is 0 Å². The molecule has 2 aromatic carbocycles. The molecule has 0 bridgehead atoms. The molecule has 0 fully saturated rings. The molecule has 1 aliphatic rings. The second-order valence-corrected chi connectivity index (χ2v) is 6.67. The summed E-state index contributed by atoms with van der Waals surface area (Å²) in [5.41, 5.74) is 4.11. The molecule has 0 radical (unpaired) electrons. The van der Waals surface area contributed by atoms with Crippen molar-refractivity contribution in [2.45, 2.75) is 20.3 Å². The molecular formula is C22H22N4O3. The van der Waals surface area contributed by atoms with E-state index in [4.69, 9.17) is 9.47 Å². The molecule has 0 atom stereocenters. The summed E-state index contributed by atoms with van der Waals surface area (Å²) in [5.74, 6) is 1.34. The predicted molar refractivity (Wildman–Crippen MR) is 111 cm³/mol. The molecule has 0 saturated carbocycles. The Hall–Kier alpha value is -3.61. The minimum Gasteiger partial charge on any atom is -0.486 e. The first-order valence-corrected chi connectivity index (χ1v) is 9.53. The van der Waals surface area contributed by atoms with Gasteiger partial charge in [0.25, 0.3) is 5.91 Å². The average Bonchev–Trinajstić information content (AvgIpc) is 2.75. The summed E-state index contributed by atoms with van der Waals surface area (Å²) in [7, 11) is 0. The number of aromatic nitrogens is 2. The number of benzene rings is 2. The number of hydrogen-bond acceptors (Lipinski definition) is 6. The van der Waals surface area contributed by atoms with Crippen molar-refractivity contribution in [2.24, 2.45) is 0 Å². The molecule has 4 rings (SSSR count). The second-order valence-electron chi connectivity index (χ2n) is 6.67. The van der Waals surface area contributed by atoms with E-state index in [2.05, 4.69) is 33.6 Å². The third-order valence-electron chi connectivity index (χ3n) is 4.67. The highest BCUT2D eigenvalue weighted by Crippen LogP contribution is 2.32. The van der Waals surface area contributed by atoms with Gasteiger partial charge in [0, 0.05) is 23.6 Å². The maximum Gasteiger partial charge on any atom is 0.274 e. The number of ether oxygens (including phenoxy) is 2. The van der Waals surface area contributed by atoms with Crippen molar-refractivity contribution in [1.29, 1.82) is 0 Å². The van der Waals surface area contributed by atoms with Gasteiger partial charge in [-0.05, 0) is 42.7 Å². The smallest absolute Gasteiger partial charge is 0.274 e. The summed E-state index contributed by atoms with van der Waals surface area (Å²) >= 11 is 0. The number of carbonyl (C=O) groups excluding carboxylic acids is 1. The van der Waals surface area contributed by atoms with Gasteiger partial charge in [-0.2, -0.15) is 0 Å². The number of fused-ring (bicyclic) bond motifs is 1. The van der Waals surface area contributed by atoms with E-state index in [-0.39, 0.29) is 11.6 Å². The normalized spacial score (nSPS) is 12.3. The van der Waals surface area contributed by atoms with Crippen molar-refractivity contribution < 1.29 is 14.3 Å². The Kier molecular flexibility index (Phi) is 5.29. The Balaban J connectivity index is 1.52. The van der Waals surface area contributed by atoms with Crippen LogP contribution in [0.1, 0.15) is 28.5 Å². The molecule has 1 aliphatic heterocycles. The molecule has 0 spiro atoms. The molecule has 29 heavy (non-hydrogen) atoms. The number of anilines is 3. The number of hydrogen-bond donors (Lipinski definition) is 2. The van der Waals surface area contributed by atoms with Gasteiger partial charge in [0.1, 0.15) is 18.9 Å². The minimum absolute atomic E-state index is 0.268. The molecule has 0 unspecified atom stereocenters. The molecule has 2 N–H and O–H groups in total. The van der Waals surface area contributed by atoms with Crippen LogP contribution in [0.25, 0.3) is 0 Å². The molecule has 7 heteroatoms. The Labute approximate surface area is 169 Å². The van der Waals surface area contributed by atoms with E-state index in [0.717, 1.165) is 17.7 Å². The van der Waals surface area contributed by atoms with Gasteiger partial charge in [-0.15, -0.1) is 0 Å². The maximum absolute atomic E-state index is 12.7. The van der Waals surface area contributed by atoms with Crippen LogP contribution in [0.5, 0.6) is 11.5 Å². The van der Waals surface area contributed by atoms with E-state index in [9.17, 15) is 4.79 Å². The number of nitrogens with zero attached hydrogens (tertiary/aromatic N) is 2. The fourth-order valence-electron chi connectivity index (χ4n) is 3.18. The fourth-order valence-corrected chi connectivity index (χ4v) is 3.18. The summed E-state index contributed by atoms with van der Waals surface area (Å²) in [6.45, 7) is 5.14. The van der Waals surface area contributed by atoms with Gasteiger partial charge in [-0.25, -0.2) is 9.97 Å². The van der Waals surface area contributed by atoms with E-state index >= 15 is 0 Å². The van der Waals surface area contributed by atoms with Gasteiger partial charge in [0.2, 0.25) is 5.95 Å². The van der Waals surface area contributed by atoms with Crippen molar-refractivity contribution >= 4 is 23.2 Å². The van der Waals surface area contributed by atoms with Crippen LogP contribution < -0.4 is 20.1 Å². The van der Waals surface area contributed by atoms with Crippen LogP contribution in [-0.2, 0) is 6.42 Å². The lowest BCUT2D eigenvalue weighted by Gasteiger charge is -2.19. The van der Waals surface area contributed by atoms with Gasteiger partial charge < -0.3 is 20.1 Å². The number of carbonyl (C=O) groups is 1. The lowest BCUT2D eigenvalue weighted by Crippen LogP contribution is -2.17. The van der Waals surface area contributed by atoms with Crippen LogP contribution in [-0.4, -0.2) is 29.1 Å². The van der Waals surface area contributed by atoms with E-state index < -0.39 is 0 Å².